The quantitative estimate of drug-likeness (QED) is 0.827. The van der Waals surface area contributed by atoms with Crippen LogP contribution in [0.2, 0.25) is 0 Å². The Morgan fingerprint density at radius 1 is 0.941 bits per heavy atom. The predicted molar refractivity (Wildman–Crippen MR) is 66.1 cm³/mol. The molecule has 0 spiro atoms. The standard InChI is InChI=1S/C14H13F2N/c1-9-4-3-5-10(6-9)11-7-12(15)14(17-2)13(16)8-11/h3-8,17H,1-2H3. The molecule has 0 bridgehead atoms. The van der Waals surface area contributed by atoms with Crippen LogP contribution >= 0.6 is 0 Å². The van der Waals surface area contributed by atoms with Crippen molar-refractivity contribution in [1.29, 1.82) is 0 Å². The number of rotatable bonds is 2. The van der Waals surface area contributed by atoms with Crippen molar-refractivity contribution in [2.45, 2.75) is 6.92 Å². The van der Waals surface area contributed by atoms with E-state index in [2.05, 4.69) is 5.32 Å². The van der Waals surface area contributed by atoms with Crippen LogP contribution in [0.5, 0.6) is 0 Å². The van der Waals surface area contributed by atoms with E-state index in [-0.39, 0.29) is 5.69 Å². The summed E-state index contributed by atoms with van der Waals surface area (Å²) < 4.78 is 27.2. The maximum absolute atomic E-state index is 13.6. The summed E-state index contributed by atoms with van der Waals surface area (Å²) in [6, 6.07) is 10.2. The fraction of sp³-hybridized carbons (Fsp3) is 0.143. The Hall–Kier alpha value is -1.90. The van der Waals surface area contributed by atoms with Crippen LogP contribution in [0.4, 0.5) is 14.5 Å². The molecular formula is C14H13F2N. The molecular weight excluding hydrogens is 220 g/mol. The minimum Gasteiger partial charge on any atom is -0.383 e. The number of hydrogen-bond acceptors (Lipinski definition) is 1. The monoisotopic (exact) mass is 233 g/mol. The molecule has 88 valence electrons. The van der Waals surface area contributed by atoms with Gasteiger partial charge in [0.05, 0.1) is 0 Å². The molecule has 0 aliphatic heterocycles. The maximum Gasteiger partial charge on any atom is 0.149 e. The molecule has 17 heavy (non-hydrogen) atoms. The van der Waals surface area contributed by atoms with Crippen molar-refractivity contribution in [2.24, 2.45) is 0 Å². The molecule has 0 aliphatic rings. The normalized spacial score (nSPS) is 10.4. The molecule has 0 amide bonds. The Kier molecular flexibility index (Phi) is 3.09. The highest BCUT2D eigenvalue weighted by atomic mass is 19.1. The molecule has 0 atom stereocenters. The lowest BCUT2D eigenvalue weighted by molar-refractivity contribution is 0.591. The van der Waals surface area contributed by atoms with Crippen LogP contribution < -0.4 is 5.32 Å². The molecule has 0 aliphatic carbocycles. The average molecular weight is 233 g/mol. The number of halogens is 2. The summed E-state index contributed by atoms with van der Waals surface area (Å²) in [5.74, 6) is -1.16. The van der Waals surface area contributed by atoms with E-state index in [0.29, 0.717) is 5.56 Å². The van der Waals surface area contributed by atoms with Crippen LogP contribution in [-0.2, 0) is 0 Å². The Balaban J connectivity index is 2.54. The van der Waals surface area contributed by atoms with Gasteiger partial charge in [0, 0.05) is 7.05 Å². The van der Waals surface area contributed by atoms with E-state index in [1.807, 2.05) is 31.2 Å². The summed E-state index contributed by atoms with van der Waals surface area (Å²) in [5.41, 5.74) is 2.32. The first kappa shape index (κ1) is 11.6. The first-order valence-corrected chi connectivity index (χ1v) is 5.35. The van der Waals surface area contributed by atoms with Crippen molar-refractivity contribution in [3.63, 3.8) is 0 Å². The zero-order chi connectivity index (χ0) is 12.4. The fourth-order valence-corrected chi connectivity index (χ4v) is 1.80. The van der Waals surface area contributed by atoms with E-state index < -0.39 is 11.6 Å². The second-order valence-corrected chi connectivity index (χ2v) is 3.93. The number of anilines is 1. The third-order valence-electron chi connectivity index (χ3n) is 2.64. The Morgan fingerprint density at radius 3 is 2.12 bits per heavy atom. The van der Waals surface area contributed by atoms with Gasteiger partial charge in [-0.15, -0.1) is 0 Å². The summed E-state index contributed by atoms with van der Waals surface area (Å²) in [6.07, 6.45) is 0. The third kappa shape index (κ3) is 2.28. The first-order chi connectivity index (χ1) is 8.11. The van der Waals surface area contributed by atoms with Crippen LogP contribution in [0.25, 0.3) is 11.1 Å². The number of aryl methyl sites for hydroxylation is 1. The van der Waals surface area contributed by atoms with Crippen molar-refractivity contribution in [2.75, 3.05) is 12.4 Å². The lowest BCUT2D eigenvalue weighted by atomic mass is 10.0. The van der Waals surface area contributed by atoms with Gasteiger partial charge in [0.25, 0.3) is 0 Å². The van der Waals surface area contributed by atoms with Gasteiger partial charge in [-0.3, -0.25) is 0 Å². The van der Waals surface area contributed by atoms with E-state index in [4.69, 9.17) is 0 Å². The number of nitrogens with one attached hydrogen (secondary N) is 1. The lowest BCUT2D eigenvalue weighted by Gasteiger charge is -2.08. The molecule has 0 saturated heterocycles. The van der Waals surface area contributed by atoms with Crippen molar-refractivity contribution >= 4 is 5.69 Å². The van der Waals surface area contributed by atoms with E-state index >= 15 is 0 Å². The van der Waals surface area contributed by atoms with Gasteiger partial charge in [0.15, 0.2) is 0 Å². The largest absolute Gasteiger partial charge is 0.383 e. The molecule has 3 heteroatoms. The fourth-order valence-electron chi connectivity index (χ4n) is 1.80. The van der Waals surface area contributed by atoms with Gasteiger partial charge in [0.2, 0.25) is 0 Å². The average Bonchev–Trinajstić information content (AvgIpc) is 2.28. The lowest BCUT2D eigenvalue weighted by Crippen LogP contribution is -1.97. The van der Waals surface area contributed by atoms with Crippen molar-refractivity contribution < 1.29 is 8.78 Å². The molecule has 0 unspecified atom stereocenters. The highest BCUT2D eigenvalue weighted by molar-refractivity contribution is 5.67. The zero-order valence-corrected chi connectivity index (χ0v) is 9.72. The summed E-state index contributed by atoms with van der Waals surface area (Å²) in [6.45, 7) is 1.94. The van der Waals surface area contributed by atoms with E-state index in [0.717, 1.165) is 11.1 Å². The molecule has 1 nitrogen and oxygen atoms in total. The molecule has 0 aromatic heterocycles. The molecule has 0 saturated carbocycles. The van der Waals surface area contributed by atoms with Gasteiger partial charge in [0.1, 0.15) is 17.3 Å². The van der Waals surface area contributed by atoms with E-state index in [9.17, 15) is 8.78 Å². The smallest absolute Gasteiger partial charge is 0.149 e. The van der Waals surface area contributed by atoms with Gasteiger partial charge in [-0.2, -0.15) is 0 Å². The van der Waals surface area contributed by atoms with Crippen molar-refractivity contribution in [3.8, 4) is 11.1 Å². The minimum atomic E-state index is -0.580. The zero-order valence-electron chi connectivity index (χ0n) is 9.72. The summed E-state index contributed by atoms with van der Waals surface area (Å²) in [7, 11) is 1.49. The minimum absolute atomic E-state index is 0.0959. The van der Waals surface area contributed by atoms with Gasteiger partial charge < -0.3 is 5.32 Å². The van der Waals surface area contributed by atoms with E-state index in [1.54, 1.807) is 0 Å². The molecule has 1 N–H and O–H groups in total. The van der Waals surface area contributed by atoms with Crippen molar-refractivity contribution in [3.05, 3.63) is 53.6 Å². The van der Waals surface area contributed by atoms with Crippen LogP contribution in [0.15, 0.2) is 36.4 Å². The van der Waals surface area contributed by atoms with Crippen LogP contribution in [-0.4, -0.2) is 7.05 Å². The first-order valence-electron chi connectivity index (χ1n) is 5.35. The molecule has 0 fully saturated rings. The van der Waals surface area contributed by atoms with Gasteiger partial charge in [-0.25, -0.2) is 8.78 Å². The Morgan fingerprint density at radius 2 is 1.59 bits per heavy atom. The van der Waals surface area contributed by atoms with Gasteiger partial charge >= 0.3 is 0 Å². The highest BCUT2D eigenvalue weighted by Gasteiger charge is 2.10. The predicted octanol–water partition coefficient (Wildman–Crippen LogP) is 3.98. The highest BCUT2D eigenvalue weighted by Crippen LogP contribution is 2.27. The summed E-state index contributed by atoms with van der Waals surface area (Å²) in [5, 5.41) is 2.50. The molecule has 2 aromatic rings. The van der Waals surface area contributed by atoms with Crippen LogP contribution in [0.3, 0.4) is 0 Å². The van der Waals surface area contributed by atoms with Gasteiger partial charge in [-0.1, -0.05) is 29.8 Å². The van der Waals surface area contributed by atoms with E-state index in [1.165, 1.54) is 19.2 Å². The SMILES string of the molecule is CNc1c(F)cc(-c2cccc(C)c2)cc1F. The number of benzene rings is 2. The van der Waals surface area contributed by atoms with Crippen LogP contribution in [0, 0.1) is 18.6 Å². The summed E-state index contributed by atoms with van der Waals surface area (Å²) in [4.78, 5) is 0. The second-order valence-electron chi connectivity index (χ2n) is 3.93. The Labute approximate surface area is 99.1 Å². The molecule has 2 aromatic carbocycles. The third-order valence-corrected chi connectivity index (χ3v) is 2.64. The number of hydrogen-bond donors (Lipinski definition) is 1. The molecule has 0 radical (unpaired) electrons. The summed E-state index contributed by atoms with van der Waals surface area (Å²) >= 11 is 0. The molecule has 2 rings (SSSR count). The van der Waals surface area contributed by atoms with Crippen LogP contribution in [0.1, 0.15) is 5.56 Å². The Bertz CT molecular complexity index is 527. The maximum atomic E-state index is 13.6. The van der Waals surface area contributed by atoms with Gasteiger partial charge in [-0.05, 0) is 30.2 Å². The van der Waals surface area contributed by atoms with Crippen molar-refractivity contribution in [1.82, 2.24) is 0 Å². The topological polar surface area (TPSA) is 12.0 Å². The second kappa shape index (κ2) is 4.53. The molecule has 0 heterocycles.